The number of nitrogens with one attached hydrogen (secondary N) is 1. The molecule has 19 heavy (non-hydrogen) atoms. The molecule has 0 unspecified atom stereocenters. The first-order chi connectivity index (χ1) is 9.31. The third-order valence-electron chi connectivity index (χ3n) is 2.63. The number of hydrogen-bond donors (Lipinski definition) is 2. The highest BCUT2D eigenvalue weighted by Gasteiger charge is 2.10. The van der Waals surface area contributed by atoms with E-state index in [1.54, 1.807) is 17.8 Å². The Balaban J connectivity index is 1.79. The number of thioether (sulfide) groups is 1. The van der Waals surface area contributed by atoms with Gasteiger partial charge in [-0.3, -0.25) is 4.79 Å². The summed E-state index contributed by atoms with van der Waals surface area (Å²) in [6, 6.07) is 9.31. The molecule has 0 fully saturated rings. The summed E-state index contributed by atoms with van der Waals surface area (Å²) in [5, 5.41) is 12.4. The van der Waals surface area contributed by atoms with Gasteiger partial charge in [0.25, 0.3) is 5.91 Å². The number of aliphatic hydroxyl groups is 1. The van der Waals surface area contributed by atoms with E-state index in [9.17, 15) is 4.79 Å². The average molecular weight is 279 g/mol. The van der Waals surface area contributed by atoms with E-state index in [1.165, 1.54) is 0 Å². The molecule has 2 N–H and O–H groups in total. The van der Waals surface area contributed by atoms with Crippen molar-refractivity contribution in [3.63, 3.8) is 0 Å². The zero-order valence-electron chi connectivity index (χ0n) is 10.6. The maximum atomic E-state index is 11.8. The molecule has 0 aliphatic rings. The fraction of sp³-hybridized carbons (Fsp3) is 0.357. The molecule has 0 spiro atoms. The van der Waals surface area contributed by atoms with Gasteiger partial charge in [0.05, 0.1) is 0 Å². The number of rotatable bonds is 7. The molecule has 0 aliphatic heterocycles. The quantitative estimate of drug-likeness (QED) is 0.763. The first kappa shape index (κ1) is 14.0. The van der Waals surface area contributed by atoms with Crippen molar-refractivity contribution in [3.8, 4) is 0 Å². The Morgan fingerprint density at radius 1 is 1.32 bits per heavy atom. The third-order valence-corrected chi connectivity index (χ3v) is 3.70. The molecule has 4 nitrogen and oxygen atoms in total. The van der Waals surface area contributed by atoms with Crippen LogP contribution in [0.2, 0.25) is 0 Å². The van der Waals surface area contributed by atoms with Gasteiger partial charge in [-0.15, -0.1) is 0 Å². The van der Waals surface area contributed by atoms with Crippen molar-refractivity contribution < 1.29 is 14.3 Å². The minimum Gasteiger partial charge on any atom is -0.451 e. The van der Waals surface area contributed by atoms with Crippen LogP contribution in [-0.4, -0.2) is 35.7 Å². The van der Waals surface area contributed by atoms with E-state index in [4.69, 9.17) is 9.52 Å². The van der Waals surface area contributed by atoms with Gasteiger partial charge in [0.2, 0.25) is 0 Å². The average Bonchev–Trinajstić information content (AvgIpc) is 2.86. The topological polar surface area (TPSA) is 62.5 Å². The van der Waals surface area contributed by atoms with Gasteiger partial charge in [-0.1, -0.05) is 18.2 Å². The number of aliphatic hydroxyl groups excluding tert-OH is 1. The Bertz CT molecular complexity index is 505. The van der Waals surface area contributed by atoms with E-state index in [2.05, 4.69) is 5.32 Å². The Kier molecular flexibility index (Phi) is 5.30. The SMILES string of the molecule is O=C(NCCSCCCO)c1cc2ccccc2o1. The van der Waals surface area contributed by atoms with Crippen LogP contribution in [0.5, 0.6) is 0 Å². The van der Waals surface area contributed by atoms with Crippen LogP contribution >= 0.6 is 11.8 Å². The number of hydrogen-bond acceptors (Lipinski definition) is 4. The number of amides is 1. The second-order valence-corrected chi connectivity index (χ2v) is 5.32. The van der Waals surface area contributed by atoms with Crippen LogP contribution in [0, 0.1) is 0 Å². The lowest BCUT2D eigenvalue weighted by Gasteiger charge is -2.02. The maximum absolute atomic E-state index is 11.8. The van der Waals surface area contributed by atoms with Gasteiger partial charge in [0.1, 0.15) is 5.58 Å². The van der Waals surface area contributed by atoms with Crippen molar-refractivity contribution >= 4 is 28.6 Å². The second kappa shape index (κ2) is 7.21. The van der Waals surface area contributed by atoms with Crippen LogP contribution < -0.4 is 5.32 Å². The lowest BCUT2D eigenvalue weighted by molar-refractivity contribution is 0.0930. The Labute approximate surface area is 116 Å². The van der Waals surface area contributed by atoms with Gasteiger partial charge in [0, 0.05) is 24.3 Å². The first-order valence-electron chi connectivity index (χ1n) is 6.26. The molecule has 0 saturated heterocycles. The zero-order chi connectivity index (χ0) is 13.5. The first-order valence-corrected chi connectivity index (χ1v) is 7.42. The van der Waals surface area contributed by atoms with Crippen LogP contribution in [0.1, 0.15) is 17.0 Å². The standard InChI is InChI=1S/C14H17NO3S/c16-7-3-8-19-9-6-15-14(17)13-10-11-4-1-2-5-12(11)18-13/h1-2,4-5,10,16H,3,6-9H2,(H,15,17). The predicted molar refractivity (Wildman–Crippen MR) is 77.6 cm³/mol. The van der Waals surface area contributed by atoms with E-state index in [-0.39, 0.29) is 12.5 Å². The molecular formula is C14H17NO3S. The Morgan fingerprint density at radius 3 is 2.95 bits per heavy atom. The minimum absolute atomic E-state index is 0.182. The molecule has 2 aromatic rings. The largest absolute Gasteiger partial charge is 0.451 e. The molecule has 2 rings (SSSR count). The number of carbonyl (C=O) groups is 1. The molecule has 1 aromatic heterocycles. The molecule has 0 bridgehead atoms. The maximum Gasteiger partial charge on any atom is 0.287 e. The van der Waals surface area contributed by atoms with Crippen LogP contribution in [0.4, 0.5) is 0 Å². The number of furan rings is 1. The lowest BCUT2D eigenvalue weighted by Crippen LogP contribution is -2.25. The fourth-order valence-corrected chi connectivity index (χ4v) is 2.47. The molecule has 1 amide bonds. The van der Waals surface area contributed by atoms with Crippen molar-refractivity contribution in [1.82, 2.24) is 5.32 Å². The summed E-state index contributed by atoms with van der Waals surface area (Å²) in [6.07, 6.45) is 0.794. The van der Waals surface area contributed by atoms with Crippen LogP contribution in [0.25, 0.3) is 11.0 Å². The van der Waals surface area contributed by atoms with Gasteiger partial charge in [-0.25, -0.2) is 0 Å². The number of fused-ring (bicyclic) bond motifs is 1. The van der Waals surface area contributed by atoms with Crippen molar-refractivity contribution in [2.24, 2.45) is 0 Å². The van der Waals surface area contributed by atoms with Gasteiger partial charge in [0.15, 0.2) is 5.76 Å². The highest BCUT2D eigenvalue weighted by molar-refractivity contribution is 7.99. The van der Waals surface area contributed by atoms with Crippen molar-refractivity contribution in [3.05, 3.63) is 36.1 Å². The van der Waals surface area contributed by atoms with E-state index in [1.807, 2.05) is 24.3 Å². The van der Waals surface area contributed by atoms with Gasteiger partial charge < -0.3 is 14.8 Å². The monoisotopic (exact) mass is 279 g/mol. The Hall–Kier alpha value is -1.46. The molecule has 5 heteroatoms. The van der Waals surface area contributed by atoms with Gasteiger partial charge >= 0.3 is 0 Å². The van der Waals surface area contributed by atoms with Crippen LogP contribution in [-0.2, 0) is 0 Å². The number of benzene rings is 1. The predicted octanol–water partition coefficient (Wildman–Crippen LogP) is 2.28. The van der Waals surface area contributed by atoms with Gasteiger partial charge in [-0.05, 0) is 24.3 Å². The molecule has 0 saturated carbocycles. The normalized spacial score (nSPS) is 10.8. The van der Waals surface area contributed by atoms with Crippen LogP contribution in [0.15, 0.2) is 34.7 Å². The van der Waals surface area contributed by atoms with E-state index in [0.29, 0.717) is 12.3 Å². The molecular weight excluding hydrogens is 262 g/mol. The van der Waals surface area contributed by atoms with Crippen molar-refractivity contribution in [1.29, 1.82) is 0 Å². The molecule has 1 aromatic carbocycles. The smallest absolute Gasteiger partial charge is 0.287 e. The lowest BCUT2D eigenvalue weighted by atomic mass is 10.2. The summed E-state index contributed by atoms with van der Waals surface area (Å²) in [6.45, 7) is 0.824. The molecule has 0 radical (unpaired) electrons. The number of carbonyl (C=O) groups excluding carboxylic acids is 1. The van der Waals surface area contributed by atoms with E-state index >= 15 is 0 Å². The molecule has 1 heterocycles. The molecule has 0 aliphatic carbocycles. The summed E-state index contributed by atoms with van der Waals surface area (Å²) >= 11 is 1.71. The summed E-state index contributed by atoms with van der Waals surface area (Å²) in [5.41, 5.74) is 0.727. The van der Waals surface area contributed by atoms with Gasteiger partial charge in [-0.2, -0.15) is 11.8 Å². The third kappa shape index (κ3) is 4.01. The summed E-state index contributed by atoms with van der Waals surface area (Å²) < 4.78 is 5.47. The fourth-order valence-electron chi connectivity index (χ4n) is 1.69. The highest BCUT2D eigenvalue weighted by atomic mass is 32.2. The van der Waals surface area contributed by atoms with Crippen LogP contribution in [0.3, 0.4) is 0 Å². The number of para-hydroxylation sites is 1. The van der Waals surface area contributed by atoms with Crippen molar-refractivity contribution in [2.45, 2.75) is 6.42 Å². The summed E-state index contributed by atoms with van der Waals surface area (Å²) in [5.74, 6) is 1.92. The zero-order valence-corrected chi connectivity index (χ0v) is 11.4. The highest BCUT2D eigenvalue weighted by Crippen LogP contribution is 2.18. The van der Waals surface area contributed by atoms with Crippen molar-refractivity contribution in [2.75, 3.05) is 24.7 Å². The van der Waals surface area contributed by atoms with E-state index in [0.717, 1.165) is 28.9 Å². The summed E-state index contributed by atoms with van der Waals surface area (Å²) in [7, 11) is 0. The summed E-state index contributed by atoms with van der Waals surface area (Å²) in [4.78, 5) is 11.8. The Morgan fingerprint density at radius 2 is 2.16 bits per heavy atom. The van der Waals surface area contributed by atoms with E-state index < -0.39 is 0 Å². The minimum atomic E-state index is -0.182. The molecule has 102 valence electrons. The second-order valence-electron chi connectivity index (χ2n) is 4.09. The molecule has 0 atom stereocenters.